The highest BCUT2D eigenvalue weighted by Gasteiger charge is 2.09. The van der Waals surface area contributed by atoms with Gasteiger partial charge >= 0.3 is 0 Å². The molecular weight excluding hydrogens is 208 g/mol. The van der Waals surface area contributed by atoms with Crippen molar-refractivity contribution in [3.8, 4) is 0 Å². The second-order valence-electron chi connectivity index (χ2n) is 5.74. The molecule has 1 nitrogen and oxygen atoms in total. The van der Waals surface area contributed by atoms with Crippen LogP contribution < -0.4 is 0 Å². The average Bonchev–Trinajstić information content (AvgIpc) is 2.00. The Morgan fingerprint density at radius 3 is 0.941 bits per heavy atom. The first-order chi connectivity index (χ1) is 6.68. The van der Waals surface area contributed by atoms with E-state index in [0.717, 1.165) is 11.8 Å². The van der Waals surface area contributed by atoms with Crippen LogP contribution in [0.4, 0.5) is 0 Å². The summed E-state index contributed by atoms with van der Waals surface area (Å²) < 4.78 is 0. The second kappa shape index (κ2) is 13.7. The van der Waals surface area contributed by atoms with E-state index in [2.05, 4.69) is 27.7 Å². The molecule has 0 aromatic rings. The summed E-state index contributed by atoms with van der Waals surface area (Å²) in [6, 6.07) is 0. The standard InChI is InChI=1S/C7H14O.C7H16.2CH4/c1-5(2)7(8)6(3)4;1-6(2)5-7(3)4;;/h5-6H,1-4H3;6-7H,5H2,1-4H3;2*1H4. The summed E-state index contributed by atoms with van der Waals surface area (Å²) in [5, 5.41) is 0. The lowest BCUT2D eigenvalue weighted by molar-refractivity contribution is -0.124. The number of hydrogen-bond donors (Lipinski definition) is 0. The molecule has 0 aliphatic heterocycles. The highest BCUT2D eigenvalue weighted by molar-refractivity contribution is 5.81. The smallest absolute Gasteiger partial charge is 0.137 e. The molecule has 0 saturated carbocycles. The van der Waals surface area contributed by atoms with E-state index in [9.17, 15) is 4.79 Å². The molecule has 0 aromatic heterocycles. The van der Waals surface area contributed by atoms with E-state index in [-0.39, 0.29) is 26.7 Å². The molecule has 0 heterocycles. The van der Waals surface area contributed by atoms with Crippen LogP contribution in [0, 0.1) is 23.7 Å². The predicted molar refractivity (Wildman–Crippen MR) is 82.4 cm³/mol. The van der Waals surface area contributed by atoms with Crippen molar-refractivity contribution in [2.75, 3.05) is 0 Å². The normalized spacial score (nSPS) is 9.65. The Hall–Kier alpha value is -0.330. The lowest BCUT2D eigenvalue weighted by Gasteiger charge is -2.05. The van der Waals surface area contributed by atoms with Crippen LogP contribution in [0.3, 0.4) is 0 Å². The van der Waals surface area contributed by atoms with Crippen LogP contribution in [0.2, 0.25) is 0 Å². The van der Waals surface area contributed by atoms with Crippen LogP contribution in [0.1, 0.15) is 76.7 Å². The minimum absolute atomic E-state index is 0. The first-order valence-electron chi connectivity index (χ1n) is 6.22. The Labute approximate surface area is 111 Å². The molecule has 0 unspecified atom stereocenters. The van der Waals surface area contributed by atoms with Crippen molar-refractivity contribution < 1.29 is 4.79 Å². The Morgan fingerprint density at radius 2 is 0.941 bits per heavy atom. The zero-order valence-corrected chi connectivity index (χ0v) is 11.9. The SMILES string of the molecule is C.C.CC(C)C(=O)C(C)C.CC(C)CC(C)C. The van der Waals surface area contributed by atoms with Gasteiger partial charge in [0.15, 0.2) is 0 Å². The summed E-state index contributed by atoms with van der Waals surface area (Å²) in [6.07, 6.45) is 1.36. The van der Waals surface area contributed by atoms with Crippen molar-refractivity contribution in [3.05, 3.63) is 0 Å². The van der Waals surface area contributed by atoms with E-state index < -0.39 is 0 Å². The van der Waals surface area contributed by atoms with Crippen LogP contribution in [0.5, 0.6) is 0 Å². The third kappa shape index (κ3) is 21.5. The van der Waals surface area contributed by atoms with E-state index in [1.165, 1.54) is 6.42 Å². The maximum Gasteiger partial charge on any atom is 0.137 e. The van der Waals surface area contributed by atoms with Gasteiger partial charge in [0.1, 0.15) is 5.78 Å². The Bertz CT molecular complexity index is 139. The van der Waals surface area contributed by atoms with Crippen LogP contribution in [-0.4, -0.2) is 5.78 Å². The van der Waals surface area contributed by atoms with Crippen molar-refractivity contribution >= 4 is 5.78 Å². The molecule has 17 heavy (non-hydrogen) atoms. The summed E-state index contributed by atoms with van der Waals surface area (Å²) in [5.41, 5.74) is 0. The van der Waals surface area contributed by atoms with Crippen LogP contribution in [-0.2, 0) is 4.79 Å². The minimum Gasteiger partial charge on any atom is -0.299 e. The third-order valence-corrected chi connectivity index (χ3v) is 2.08. The van der Waals surface area contributed by atoms with Gasteiger partial charge in [-0.15, -0.1) is 0 Å². The molecule has 0 fully saturated rings. The molecule has 0 aliphatic carbocycles. The molecule has 0 aromatic carbocycles. The summed E-state index contributed by atoms with van der Waals surface area (Å²) in [5.74, 6) is 2.51. The molecular formula is C16H38O. The number of hydrogen-bond acceptors (Lipinski definition) is 1. The maximum atomic E-state index is 10.8. The van der Waals surface area contributed by atoms with Crippen molar-refractivity contribution in [3.63, 3.8) is 0 Å². The summed E-state index contributed by atoms with van der Waals surface area (Å²) in [7, 11) is 0. The van der Waals surface area contributed by atoms with E-state index in [0.29, 0.717) is 5.78 Å². The van der Waals surface area contributed by atoms with Crippen molar-refractivity contribution in [1.82, 2.24) is 0 Å². The monoisotopic (exact) mass is 246 g/mol. The molecule has 1 heteroatoms. The Kier molecular flexibility index (Phi) is 20.6. The van der Waals surface area contributed by atoms with Gasteiger partial charge in [-0.3, -0.25) is 4.79 Å². The molecule has 0 N–H and O–H groups in total. The first kappa shape index (κ1) is 25.5. The lowest BCUT2D eigenvalue weighted by Crippen LogP contribution is -2.13. The van der Waals surface area contributed by atoms with Gasteiger partial charge in [-0.25, -0.2) is 0 Å². The van der Waals surface area contributed by atoms with E-state index in [4.69, 9.17) is 0 Å². The van der Waals surface area contributed by atoms with Gasteiger partial charge < -0.3 is 0 Å². The van der Waals surface area contributed by atoms with Gasteiger partial charge in [0.05, 0.1) is 0 Å². The Morgan fingerprint density at radius 1 is 0.706 bits per heavy atom. The summed E-state index contributed by atoms with van der Waals surface area (Å²) in [4.78, 5) is 10.8. The molecule has 0 radical (unpaired) electrons. The number of carbonyl (C=O) groups excluding carboxylic acids is 1. The van der Waals surface area contributed by atoms with Gasteiger partial charge in [0.2, 0.25) is 0 Å². The maximum absolute atomic E-state index is 10.8. The fourth-order valence-corrected chi connectivity index (χ4v) is 1.61. The number of carbonyl (C=O) groups is 1. The van der Waals surface area contributed by atoms with Gasteiger partial charge in [0, 0.05) is 11.8 Å². The predicted octanol–water partition coefficient (Wildman–Crippen LogP) is 5.83. The molecule has 108 valence electrons. The molecule has 0 aliphatic rings. The fraction of sp³-hybridized carbons (Fsp3) is 0.938. The summed E-state index contributed by atoms with van der Waals surface area (Å²) in [6.45, 7) is 16.8. The average molecular weight is 246 g/mol. The largest absolute Gasteiger partial charge is 0.299 e. The Balaban J connectivity index is -0.0000000896. The van der Waals surface area contributed by atoms with Crippen LogP contribution >= 0.6 is 0 Å². The molecule has 0 spiro atoms. The van der Waals surface area contributed by atoms with E-state index in [1.807, 2.05) is 27.7 Å². The molecule has 0 bridgehead atoms. The van der Waals surface area contributed by atoms with Gasteiger partial charge in [-0.1, -0.05) is 70.2 Å². The van der Waals surface area contributed by atoms with E-state index in [1.54, 1.807) is 0 Å². The van der Waals surface area contributed by atoms with Crippen molar-refractivity contribution in [1.29, 1.82) is 0 Å². The third-order valence-electron chi connectivity index (χ3n) is 2.08. The first-order valence-corrected chi connectivity index (χ1v) is 6.22. The number of ketones is 1. The highest BCUT2D eigenvalue weighted by Crippen LogP contribution is 2.08. The van der Waals surface area contributed by atoms with Gasteiger partial charge in [-0.05, 0) is 18.3 Å². The molecule has 0 atom stereocenters. The topological polar surface area (TPSA) is 17.1 Å². The highest BCUT2D eigenvalue weighted by atomic mass is 16.1. The van der Waals surface area contributed by atoms with Crippen molar-refractivity contribution in [2.24, 2.45) is 23.7 Å². The van der Waals surface area contributed by atoms with Crippen LogP contribution in [0.25, 0.3) is 0 Å². The lowest BCUT2D eigenvalue weighted by atomic mass is 9.99. The number of rotatable bonds is 4. The van der Waals surface area contributed by atoms with Crippen molar-refractivity contribution in [2.45, 2.75) is 76.7 Å². The second-order valence-corrected chi connectivity index (χ2v) is 5.74. The van der Waals surface area contributed by atoms with E-state index >= 15 is 0 Å². The molecule has 0 saturated heterocycles. The van der Waals surface area contributed by atoms with Gasteiger partial charge in [-0.2, -0.15) is 0 Å². The van der Waals surface area contributed by atoms with Gasteiger partial charge in [0.25, 0.3) is 0 Å². The number of Topliss-reactive ketones (excluding diaryl/α,β-unsaturated/α-hetero) is 1. The zero-order chi connectivity index (χ0) is 12.6. The minimum atomic E-state index is 0. The molecule has 0 rings (SSSR count). The molecule has 0 amide bonds. The quantitative estimate of drug-likeness (QED) is 0.610. The fourth-order valence-electron chi connectivity index (χ4n) is 1.61. The zero-order valence-electron chi connectivity index (χ0n) is 11.9. The van der Waals surface area contributed by atoms with Crippen LogP contribution in [0.15, 0.2) is 0 Å². The summed E-state index contributed by atoms with van der Waals surface area (Å²) >= 11 is 0.